The van der Waals surface area contributed by atoms with Gasteiger partial charge in [-0.1, -0.05) is 24.8 Å². The van der Waals surface area contributed by atoms with Crippen molar-refractivity contribution in [1.82, 2.24) is 0 Å². The molecular weight excluding hydrogens is 177 g/mol. The minimum Gasteiger partial charge on any atom is -0.318 e. The van der Waals surface area contributed by atoms with E-state index in [9.17, 15) is 4.39 Å². The van der Waals surface area contributed by atoms with Gasteiger partial charge in [-0.25, -0.2) is 4.39 Å². The van der Waals surface area contributed by atoms with E-state index in [1.165, 1.54) is 12.1 Å². The van der Waals surface area contributed by atoms with Gasteiger partial charge >= 0.3 is 0 Å². The number of aryl methyl sites for hydroxylation is 1. The second-order valence-corrected chi connectivity index (χ2v) is 3.24. The normalized spacial score (nSPS) is 11.7. The SMILES string of the molecule is CCC(N)C#Cc1cc(F)ccc1C. The molecule has 0 aliphatic rings. The molecule has 0 saturated carbocycles. The van der Waals surface area contributed by atoms with Crippen molar-refractivity contribution in [2.24, 2.45) is 5.73 Å². The maximum atomic E-state index is 12.9. The van der Waals surface area contributed by atoms with E-state index in [1.807, 2.05) is 13.8 Å². The van der Waals surface area contributed by atoms with E-state index in [4.69, 9.17) is 5.73 Å². The summed E-state index contributed by atoms with van der Waals surface area (Å²) in [6, 6.07) is 4.46. The lowest BCUT2D eigenvalue weighted by Gasteiger charge is -1.99. The first-order valence-corrected chi connectivity index (χ1v) is 4.66. The minimum atomic E-state index is -0.259. The first-order valence-electron chi connectivity index (χ1n) is 4.66. The van der Waals surface area contributed by atoms with Crippen molar-refractivity contribution in [1.29, 1.82) is 0 Å². The molecule has 2 heteroatoms. The van der Waals surface area contributed by atoms with Gasteiger partial charge in [-0.2, -0.15) is 0 Å². The fourth-order valence-electron chi connectivity index (χ4n) is 1.00. The van der Waals surface area contributed by atoms with Crippen LogP contribution in [0.2, 0.25) is 0 Å². The average molecular weight is 191 g/mol. The van der Waals surface area contributed by atoms with E-state index in [0.717, 1.165) is 12.0 Å². The maximum absolute atomic E-state index is 12.9. The molecule has 1 unspecified atom stereocenters. The van der Waals surface area contributed by atoms with E-state index < -0.39 is 0 Å². The molecule has 1 nitrogen and oxygen atoms in total. The molecule has 0 radical (unpaired) electrons. The van der Waals surface area contributed by atoms with Crippen molar-refractivity contribution in [2.45, 2.75) is 26.3 Å². The van der Waals surface area contributed by atoms with Crippen LogP contribution in [-0.4, -0.2) is 6.04 Å². The van der Waals surface area contributed by atoms with Gasteiger partial charge in [-0.15, -0.1) is 0 Å². The van der Waals surface area contributed by atoms with Crippen LogP contribution in [0.4, 0.5) is 4.39 Å². The summed E-state index contributed by atoms with van der Waals surface area (Å²) >= 11 is 0. The van der Waals surface area contributed by atoms with Gasteiger partial charge in [0.25, 0.3) is 0 Å². The number of hydrogen-bond acceptors (Lipinski definition) is 1. The lowest BCUT2D eigenvalue weighted by molar-refractivity contribution is 0.627. The van der Waals surface area contributed by atoms with Gasteiger partial charge in [-0.05, 0) is 31.0 Å². The molecule has 0 spiro atoms. The second-order valence-electron chi connectivity index (χ2n) is 3.24. The van der Waals surface area contributed by atoms with Crippen LogP contribution >= 0.6 is 0 Å². The molecule has 0 saturated heterocycles. The Morgan fingerprint density at radius 1 is 1.50 bits per heavy atom. The van der Waals surface area contributed by atoms with Crippen molar-refractivity contribution in [3.8, 4) is 11.8 Å². The number of nitrogens with two attached hydrogens (primary N) is 1. The van der Waals surface area contributed by atoms with Crippen molar-refractivity contribution < 1.29 is 4.39 Å². The summed E-state index contributed by atoms with van der Waals surface area (Å²) in [6.07, 6.45) is 0.807. The van der Waals surface area contributed by atoms with E-state index in [1.54, 1.807) is 6.07 Å². The fourth-order valence-corrected chi connectivity index (χ4v) is 1.00. The topological polar surface area (TPSA) is 26.0 Å². The molecule has 1 aromatic carbocycles. The third-order valence-electron chi connectivity index (χ3n) is 2.03. The Balaban J connectivity index is 2.94. The van der Waals surface area contributed by atoms with Gasteiger partial charge in [0, 0.05) is 5.56 Å². The minimum absolute atomic E-state index is 0.127. The molecule has 0 aliphatic carbocycles. The predicted octanol–water partition coefficient (Wildman–Crippen LogP) is 2.22. The van der Waals surface area contributed by atoms with Gasteiger partial charge in [-0.3, -0.25) is 0 Å². The van der Waals surface area contributed by atoms with Crippen molar-refractivity contribution in [2.75, 3.05) is 0 Å². The average Bonchev–Trinajstić information content (AvgIpc) is 2.19. The van der Waals surface area contributed by atoms with E-state index in [0.29, 0.717) is 5.56 Å². The largest absolute Gasteiger partial charge is 0.318 e. The standard InChI is InChI=1S/C12H14FN/c1-3-12(14)7-5-10-8-11(13)6-4-9(10)2/h4,6,8,12H,3,14H2,1-2H3. The van der Waals surface area contributed by atoms with Gasteiger partial charge in [0.05, 0.1) is 6.04 Å². The molecule has 0 aromatic heterocycles. The first kappa shape index (κ1) is 10.7. The molecule has 0 fully saturated rings. The molecule has 1 aromatic rings. The lowest BCUT2D eigenvalue weighted by Crippen LogP contribution is -2.15. The van der Waals surface area contributed by atoms with Crippen LogP contribution in [0, 0.1) is 24.6 Å². The quantitative estimate of drug-likeness (QED) is 0.677. The molecule has 0 bridgehead atoms. The fraction of sp³-hybridized carbons (Fsp3) is 0.333. The zero-order valence-corrected chi connectivity index (χ0v) is 8.47. The Labute approximate surface area is 84.1 Å². The summed E-state index contributed by atoms with van der Waals surface area (Å²) in [7, 11) is 0. The highest BCUT2D eigenvalue weighted by Crippen LogP contribution is 2.08. The number of benzene rings is 1. The second kappa shape index (κ2) is 4.78. The highest BCUT2D eigenvalue weighted by atomic mass is 19.1. The predicted molar refractivity (Wildman–Crippen MR) is 56.3 cm³/mol. The Hall–Kier alpha value is -1.33. The molecule has 0 amide bonds. The molecule has 0 heterocycles. The summed E-state index contributed by atoms with van der Waals surface area (Å²) in [4.78, 5) is 0. The zero-order chi connectivity index (χ0) is 10.6. The lowest BCUT2D eigenvalue weighted by atomic mass is 10.1. The van der Waals surface area contributed by atoms with Gasteiger partial charge in [0.2, 0.25) is 0 Å². The van der Waals surface area contributed by atoms with Crippen molar-refractivity contribution in [3.63, 3.8) is 0 Å². The monoisotopic (exact) mass is 191 g/mol. The van der Waals surface area contributed by atoms with E-state index >= 15 is 0 Å². The molecular formula is C12H14FN. The van der Waals surface area contributed by atoms with Crippen LogP contribution < -0.4 is 5.73 Å². The zero-order valence-electron chi connectivity index (χ0n) is 8.47. The van der Waals surface area contributed by atoms with Crippen LogP contribution in [0.25, 0.3) is 0 Å². The summed E-state index contributed by atoms with van der Waals surface area (Å²) in [6.45, 7) is 3.87. The first-order chi connectivity index (χ1) is 6.63. The third-order valence-corrected chi connectivity index (χ3v) is 2.03. The molecule has 1 atom stereocenters. The van der Waals surface area contributed by atoms with E-state index in [-0.39, 0.29) is 11.9 Å². The molecule has 14 heavy (non-hydrogen) atoms. The van der Waals surface area contributed by atoms with E-state index in [2.05, 4.69) is 11.8 Å². The smallest absolute Gasteiger partial charge is 0.124 e. The summed E-state index contributed by atoms with van der Waals surface area (Å²) in [5, 5.41) is 0. The summed E-state index contributed by atoms with van der Waals surface area (Å²) < 4.78 is 12.9. The summed E-state index contributed by atoms with van der Waals surface area (Å²) in [5.74, 6) is 5.51. The van der Waals surface area contributed by atoms with Gasteiger partial charge < -0.3 is 5.73 Å². The third kappa shape index (κ3) is 2.86. The number of rotatable bonds is 1. The molecule has 2 N–H and O–H groups in total. The Kier molecular flexibility index (Phi) is 3.67. The Morgan fingerprint density at radius 2 is 2.21 bits per heavy atom. The number of hydrogen-bond donors (Lipinski definition) is 1. The molecule has 0 aliphatic heterocycles. The Morgan fingerprint density at radius 3 is 2.86 bits per heavy atom. The van der Waals surface area contributed by atoms with Crippen LogP contribution in [0.3, 0.4) is 0 Å². The van der Waals surface area contributed by atoms with Crippen LogP contribution in [0.1, 0.15) is 24.5 Å². The van der Waals surface area contributed by atoms with Crippen LogP contribution in [0.15, 0.2) is 18.2 Å². The van der Waals surface area contributed by atoms with Gasteiger partial charge in [0.15, 0.2) is 0 Å². The molecule has 74 valence electrons. The van der Waals surface area contributed by atoms with Crippen LogP contribution in [-0.2, 0) is 0 Å². The van der Waals surface area contributed by atoms with Crippen molar-refractivity contribution in [3.05, 3.63) is 35.1 Å². The Bertz CT molecular complexity index is 374. The highest BCUT2D eigenvalue weighted by molar-refractivity contribution is 5.41. The van der Waals surface area contributed by atoms with Gasteiger partial charge in [0.1, 0.15) is 5.82 Å². The number of halogens is 1. The maximum Gasteiger partial charge on any atom is 0.124 e. The van der Waals surface area contributed by atoms with Crippen LogP contribution in [0.5, 0.6) is 0 Å². The van der Waals surface area contributed by atoms with Crippen molar-refractivity contribution >= 4 is 0 Å². The molecule has 1 rings (SSSR count). The summed E-state index contributed by atoms with van der Waals surface area (Å²) in [5.41, 5.74) is 7.33. The highest BCUT2D eigenvalue weighted by Gasteiger charge is 1.97.